The second kappa shape index (κ2) is 8.60. The van der Waals surface area contributed by atoms with E-state index in [4.69, 9.17) is 18.9 Å². The maximum atomic E-state index is 13.4. The Kier molecular flexibility index (Phi) is 5.95. The van der Waals surface area contributed by atoms with Gasteiger partial charge in [-0.05, 0) is 39.0 Å². The van der Waals surface area contributed by atoms with Crippen LogP contribution < -0.4 is 0 Å². The highest BCUT2D eigenvalue weighted by Gasteiger charge is 2.70. The van der Waals surface area contributed by atoms with Crippen LogP contribution in [-0.4, -0.2) is 73.5 Å². The summed E-state index contributed by atoms with van der Waals surface area (Å²) >= 11 is 0. The third-order valence-corrected chi connectivity index (χ3v) is 8.49. The molecule has 178 valence electrons. The van der Waals surface area contributed by atoms with Crippen molar-refractivity contribution in [3.05, 3.63) is 0 Å². The van der Waals surface area contributed by atoms with Crippen molar-refractivity contribution in [2.45, 2.75) is 70.2 Å². The van der Waals surface area contributed by atoms with Gasteiger partial charge in [-0.15, -0.1) is 0 Å². The average molecular weight is 450 g/mol. The standard InChI is InChI=1S/C24H35NO7/c1-24(2,14-6-4-3-5-7-14)32-23(28)19-16-12-15-18(19)22(27)31-21(15)20(16)30-17(26)13-25-8-10-29-11-9-25/h14-16,18-21H,3-13H2,1-2H3. The van der Waals surface area contributed by atoms with Crippen LogP contribution in [0.2, 0.25) is 0 Å². The zero-order chi connectivity index (χ0) is 22.5. The molecule has 0 amide bonds. The van der Waals surface area contributed by atoms with Crippen LogP contribution in [0.4, 0.5) is 0 Å². The van der Waals surface area contributed by atoms with Gasteiger partial charge < -0.3 is 18.9 Å². The molecule has 0 aromatic carbocycles. The molecule has 5 rings (SSSR count). The zero-order valence-corrected chi connectivity index (χ0v) is 19.1. The lowest BCUT2D eigenvalue weighted by atomic mass is 9.77. The number of esters is 3. The number of carbonyl (C=O) groups excluding carboxylic acids is 3. The minimum atomic E-state index is -0.588. The van der Waals surface area contributed by atoms with Gasteiger partial charge in [0.2, 0.25) is 0 Å². The third kappa shape index (κ3) is 3.94. The average Bonchev–Trinajstić information content (AvgIpc) is 3.38. The number of morpholine rings is 1. The maximum absolute atomic E-state index is 13.4. The molecule has 32 heavy (non-hydrogen) atoms. The van der Waals surface area contributed by atoms with E-state index in [1.807, 2.05) is 18.7 Å². The second-order valence-electron chi connectivity index (χ2n) is 10.7. The van der Waals surface area contributed by atoms with Crippen LogP contribution in [0.15, 0.2) is 0 Å². The van der Waals surface area contributed by atoms with Crippen LogP contribution in [0.1, 0.15) is 52.4 Å². The van der Waals surface area contributed by atoms with E-state index in [0.29, 0.717) is 38.6 Å². The molecule has 0 radical (unpaired) electrons. The molecular weight excluding hydrogens is 414 g/mol. The van der Waals surface area contributed by atoms with Gasteiger partial charge in [-0.2, -0.15) is 0 Å². The van der Waals surface area contributed by atoms with Crippen molar-refractivity contribution < 1.29 is 33.3 Å². The molecule has 3 aliphatic carbocycles. The molecule has 2 aliphatic heterocycles. The minimum Gasteiger partial charge on any atom is -0.459 e. The lowest BCUT2D eigenvalue weighted by Crippen LogP contribution is -2.48. The van der Waals surface area contributed by atoms with Crippen molar-refractivity contribution in [1.29, 1.82) is 0 Å². The molecule has 5 fully saturated rings. The molecule has 8 heteroatoms. The largest absolute Gasteiger partial charge is 0.459 e. The predicted molar refractivity (Wildman–Crippen MR) is 112 cm³/mol. The minimum absolute atomic E-state index is 0.0657. The van der Waals surface area contributed by atoms with Gasteiger partial charge in [0.05, 0.1) is 31.6 Å². The van der Waals surface area contributed by atoms with Crippen LogP contribution in [0, 0.1) is 29.6 Å². The molecule has 2 saturated heterocycles. The topological polar surface area (TPSA) is 91.4 Å². The van der Waals surface area contributed by atoms with Crippen LogP contribution in [0.5, 0.6) is 0 Å². The summed E-state index contributed by atoms with van der Waals surface area (Å²) in [4.78, 5) is 40.7. The number of carbonyl (C=O) groups is 3. The highest BCUT2D eigenvalue weighted by Crippen LogP contribution is 2.59. The second-order valence-corrected chi connectivity index (χ2v) is 10.7. The van der Waals surface area contributed by atoms with E-state index in [1.54, 1.807) is 0 Å². The monoisotopic (exact) mass is 449 g/mol. The first-order valence-corrected chi connectivity index (χ1v) is 12.3. The molecular formula is C24H35NO7. The third-order valence-electron chi connectivity index (χ3n) is 8.49. The van der Waals surface area contributed by atoms with E-state index >= 15 is 0 Å². The molecule has 0 aromatic rings. The van der Waals surface area contributed by atoms with Crippen molar-refractivity contribution in [3.8, 4) is 0 Å². The van der Waals surface area contributed by atoms with E-state index in [0.717, 1.165) is 25.7 Å². The lowest BCUT2D eigenvalue weighted by molar-refractivity contribution is -0.178. The summed E-state index contributed by atoms with van der Waals surface area (Å²) in [7, 11) is 0. The molecule has 2 heterocycles. The van der Waals surface area contributed by atoms with Gasteiger partial charge in [0.15, 0.2) is 0 Å². The summed E-state index contributed by atoms with van der Waals surface area (Å²) in [6.45, 7) is 6.76. The van der Waals surface area contributed by atoms with E-state index < -0.39 is 29.6 Å². The number of rotatable bonds is 6. The Balaban J connectivity index is 1.26. The lowest BCUT2D eigenvalue weighted by Gasteiger charge is -2.38. The summed E-state index contributed by atoms with van der Waals surface area (Å²) < 4.78 is 22.9. The Morgan fingerprint density at radius 3 is 2.53 bits per heavy atom. The maximum Gasteiger partial charge on any atom is 0.320 e. The first-order chi connectivity index (χ1) is 15.3. The van der Waals surface area contributed by atoms with E-state index in [9.17, 15) is 14.4 Å². The molecule has 2 bridgehead atoms. The van der Waals surface area contributed by atoms with Crippen molar-refractivity contribution >= 4 is 17.9 Å². The Morgan fingerprint density at radius 1 is 1.09 bits per heavy atom. The fourth-order valence-corrected chi connectivity index (χ4v) is 6.81. The quantitative estimate of drug-likeness (QED) is 0.449. The van der Waals surface area contributed by atoms with Crippen molar-refractivity contribution in [3.63, 3.8) is 0 Å². The van der Waals surface area contributed by atoms with Crippen LogP contribution in [-0.2, 0) is 33.3 Å². The molecule has 0 aromatic heterocycles. The van der Waals surface area contributed by atoms with Crippen LogP contribution in [0.3, 0.4) is 0 Å². The fraction of sp³-hybridized carbons (Fsp3) is 0.875. The molecule has 0 N–H and O–H groups in total. The summed E-state index contributed by atoms with van der Waals surface area (Å²) in [5.41, 5.74) is -0.566. The Bertz CT molecular complexity index is 755. The smallest absolute Gasteiger partial charge is 0.320 e. The van der Waals surface area contributed by atoms with Gasteiger partial charge >= 0.3 is 17.9 Å². The number of ether oxygens (including phenoxy) is 4. The molecule has 0 spiro atoms. The van der Waals surface area contributed by atoms with E-state index in [2.05, 4.69) is 0 Å². The van der Waals surface area contributed by atoms with Gasteiger partial charge in [-0.25, -0.2) is 0 Å². The van der Waals surface area contributed by atoms with E-state index in [-0.39, 0.29) is 36.3 Å². The van der Waals surface area contributed by atoms with Crippen molar-refractivity contribution in [1.82, 2.24) is 4.90 Å². The van der Waals surface area contributed by atoms with Crippen molar-refractivity contribution in [2.24, 2.45) is 29.6 Å². The van der Waals surface area contributed by atoms with Crippen LogP contribution in [0.25, 0.3) is 0 Å². The van der Waals surface area contributed by atoms with Gasteiger partial charge in [0.1, 0.15) is 17.8 Å². The van der Waals surface area contributed by atoms with Gasteiger partial charge in [0.25, 0.3) is 0 Å². The van der Waals surface area contributed by atoms with Gasteiger partial charge in [-0.1, -0.05) is 19.3 Å². The molecule has 6 atom stereocenters. The normalized spacial score (nSPS) is 37.4. The summed E-state index contributed by atoms with van der Waals surface area (Å²) in [5, 5.41) is 0. The fourth-order valence-electron chi connectivity index (χ4n) is 6.81. The molecule has 8 nitrogen and oxygen atoms in total. The summed E-state index contributed by atoms with van der Waals surface area (Å²) in [6, 6.07) is 0. The number of nitrogens with zero attached hydrogens (tertiary/aromatic N) is 1. The van der Waals surface area contributed by atoms with Crippen LogP contribution >= 0.6 is 0 Å². The predicted octanol–water partition coefficient (Wildman–Crippen LogP) is 1.94. The Morgan fingerprint density at radius 2 is 1.81 bits per heavy atom. The Hall–Kier alpha value is -1.67. The molecule has 6 unspecified atom stereocenters. The number of hydrogen-bond donors (Lipinski definition) is 0. The molecule has 3 saturated carbocycles. The first kappa shape index (κ1) is 22.1. The molecule has 5 aliphatic rings. The zero-order valence-electron chi connectivity index (χ0n) is 19.1. The number of hydrogen-bond acceptors (Lipinski definition) is 8. The highest BCUT2D eigenvalue weighted by atomic mass is 16.6. The summed E-state index contributed by atoms with van der Waals surface area (Å²) in [5.74, 6) is -2.00. The first-order valence-electron chi connectivity index (χ1n) is 12.3. The van der Waals surface area contributed by atoms with Gasteiger partial charge in [-0.3, -0.25) is 19.3 Å². The number of fused-ring (bicyclic) bond motifs is 1. The highest BCUT2D eigenvalue weighted by molar-refractivity contribution is 5.86. The van der Waals surface area contributed by atoms with E-state index in [1.165, 1.54) is 6.42 Å². The summed E-state index contributed by atoms with van der Waals surface area (Å²) in [6.07, 6.45) is 5.36. The SMILES string of the molecule is CC(C)(OC(=O)C1C2CC3C(OC(=O)C31)C2OC(=O)CN1CCOCC1)C1CCCCC1. The van der Waals surface area contributed by atoms with Crippen molar-refractivity contribution in [2.75, 3.05) is 32.8 Å². The van der Waals surface area contributed by atoms with Gasteiger partial charge in [0, 0.05) is 24.9 Å². The Labute approximate surface area is 189 Å².